The Hall–Kier alpha value is -1.57. The first-order valence-electron chi connectivity index (χ1n) is 7.61. The molecule has 122 valence electrons. The second kappa shape index (κ2) is 6.63. The summed E-state index contributed by atoms with van der Waals surface area (Å²) < 4.78 is 0. The smallest absolute Gasteiger partial charge is 0.133 e. The monoisotopic (exact) mass is 413 g/mol. The summed E-state index contributed by atoms with van der Waals surface area (Å²) >= 11 is 9.01. The minimum atomic E-state index is 1.11. The van der Waals surface area contributed by atoms with Crippen molar-refractivity contribution in [1.29, 1.82) is 0 Å². The maximum absolute atomic E-state index is 4.67. The Balaban J connectivity index is 1.44. The molecule has 0 aliphatic rings. The third-order valence-electron chi connectivity index (χ3n) is 3.70. The predicted octanol–water partition coefficient (Wildman–Crippen LogP) is 8.06. The van der Waals surface area contributed by atoms with Crippen molar-refractivity contribution in [2.24, 2.45) is 0 Å². The van der Waals surface area contributed by atoms with Crippen molar-refractivity contribution in [3.8, 4) is 39.1 Å². The normalized spacial score (nSPS) is 11.2. The molecule has 1 nitrogen and oxygen atoms in total. The Kier molecular flexibility index (Phi) is 4.15. The van der Waals surface area contributed by atoms with Crippen LogP contribution in [-0.4, -0.2) is 4.98 Å². The molecule has 6 heteroatoms. The zero-order valence-corrected chi connectivity index (χ0v) is 16.9. The van der Waals surface area contributed by atoms with Gasteiger partial charge in [0.1, 0.15) is 5.01 Å². The van der Waals surface area contributed by atoms with Gasteiger partial charge in [0.15, 0.2) is 0 Å². The van der Waals surface area contributed by atoms with Crippen LogP contribution in [0.15, 0.2) is 65.5 Å². The summed E-state index contributed by atoms with van der Waals surface area (Å²) in [6, 6.07) is 17.4. The molecule has 0 aliphatic carbocycles. The molecule has 5 aromatic rings. The van der Waals surface area contributed by atoms with Gasteiger partial charge in [0.2, 0.25) is 0 Å². The highest BCUT2D eigenvalue weighted by molar-refractivity contribution is 7.29. The number of aromatic nitrogens is 1. The van der Waals surface area contributed by atoms with Gasteiger partial charge in [0, 0.05) is 30.6 Å². The van der Waals surface area contributed by atoms with Gasteiger partial charge < -0.3 is 0 Å². The molecule has 0 aliphatic heterocycles. The van der Waals surface area contributed by atoms with Crippen LogP contribution in [0, 0.1) is 0 Å². The summed E-state index contributed by atoms with van der Waals surface area (Å²) in [5, 5.41) is 5.36. The molecule has 0 unspecified atom stereocenters. The van der Waals surface area contributed by atoms with Crippen molar-refractivity contribution < 1.29 is 0 Å². The molecule has 0 N–H and O–H groups in total. The first-order valence-corrected chi connectivity index (χ1v) is 11.8. The van der Waals surface area contributed by atoms with Gasteiger partial charge in [-0.05, 0) is 47.2 Å². The highest BCUT2D eigenvalue weighted by atomic mass is 32.1. The molecule has 0 saturated heterocycles. The van der Waals surface area contributed by atoms with E-state index < -0.39 is 0 Å². The van der Waals surface area contributed by atoms with Crippen molar-refractivity contribution in [3.63, 3.8) is 0 Å². The molecule has 0 amide bonds. The number of hydrogen-bond acceptors (Lipinski definition) is 6. The molecule has 0 spiro atoms. The highest BCUT2D eigenvalue weighted by Crippen LogP contribution is 2.42. The van der Waals surface area contributed by atoms with Gasteiger partial charge in [-0.1, -0.05) is 12.1 Å². The van der Waals surface area contributed by atoms with Crippen molar-refractivity contribution in [1.82, 2.24) is 4.98 Å². The summed E-state index contributed by atoms with van der Waals surface area (Å²) in [6.07, 6.45) is 2.01. The zero-order valence-electron chi connectivity index (χ0n) is 12.8. The van der Waals surface area contributed by atoms with Crippen LogP contribution in [0.1, 0.15) is 0 Å². The van der Waals surface area contributed by atoms with Gasteiger partial charge in [-0.3, -0.25) is 0 Å². The quantitative estimate of drug-likeness (QED) is 0.290. The van der Waals surface area contributed by atoms with Crippen LogP contribution in [0.5, 0.6) is 0 Å². The summed E-state index contributed by atoms with van der Waals surface area (Å²) in [5.74, 6) is 0. The maximum Gasteiger partial charge on any atom is 0.133 e. The third kappa shape index (κ3) is 3.05. The Bertz CT molecular complexity index is 1010. The van der Waals surface area contributed by atoms with Crippen LogP contribution in [0.3, 0.4) is 0 Å². The molecular weight excluding hydrogens is 403 g/mol. The van der Waals surface area contributed by atoms with Crippen molar-refractivity contribution >= 4 is 56.7 Å². The topological polar surface area (TPSA) is 12.9 Å². The Morgan fingerprint density at radius 2 is 1.08 bits per heavy atom. The van der Waals surface area contributed by atoms with E-state index in [1.54, 1.807) is 34.0 Å². The number of thiophene rings is 4. The van der Waals surface area contributed by atoms with E-state index in [0.29, 0.717) is 0 Å². The van der Waals surface area contributed by atoms with Crippen molar-refractivity contribution in [3.05, 3.63) is 65.5 Å². The molecule has 5 rings (SSSR count). The molecule has 0 saturated carbocycles. The SMILES string of the molecule is c1csc(-c2ccc(-c3cnc(-c4ccc(-c5cccs5)s4)s3)s2)c1. The second-order valence-electron chi connectivity index (χ2n) is 5.31. The minimum absolute atomic E-state index is 1.11. The molecular formula is C19H11NS5. The average molecular weight is 414 g/mol. The van der Waals surface area contributed by atoms with Crippen molar-refractivity contribution in [2.75, 3.05) is 0 Å². The molecule has 0 fully saturated rings. The summed E-state index contributed by atoms with van der Waals surface area (Å²) in [4.78, 5) is 13.8. The number of hydrogen-bond donors (Lipinski definition) is 0. The number of rotatable bonds is 4. The lowest BCUT2D eigenvalue weighted by Crippen LogP contribution is -1.63. The van der Waals surface area contributed by atoms with E-state index in [-0.39, 0.29) is 0 Å². The van der Waals surface area contributed by atoms with Crippen molar-refractivity contribution in [2.45, 2.75) is 0 Å². The molecule has 5 aromatic heterocycles. The first kappa shape index (κ1) is 15.7. The summed E-state index contributed by atoms with van der Waals surface area (Å²) in [6.45, 7) is 0. The standard InChI is InChI=1S/C19H11NS5/c1-3-12(21-9-1)14-5-6-16(23-14)18-11-20-19(25-18)17-8-7-15(24-17)13-4-2-10-22-13/h1-11H. The molecule has 0 atom stereocenters. The highest BCUT2D eigenvalue weighted by Gasteiger charge is 2.12. The maximum atomic E-state index is 4.67. The molecule has 0 radical (unpaired) electrons. The van der Waals surface area contributed by atoms with Crippen LogP contribution < -0.4 is 0 Å². The summed E-state index contributed by atoms with van der Waals surface area (Å²) in [5.41, 5.74) is 0. The van der Waals surface area contributed by atoms with Gasteiger partial charge in [-0.25, -0.2) is 4.98 Å². The molecule has 0 aromatic carbocycles. The van der Waals surface area contributed by atoms with Crippen LogP contribution >= 0.6 is 56.7 Å². The predicted molar refractivity (Wildman–Crippen MR) is 115 cm³/mol. The van der Waals surface area contributed by atoms with E-state index in [0.717, 1.165) is 5.01 Å². The average Bonchev–Trinajstić information content (AvgIpc) is 3.48. The van der Waals surface area contributed by atoms with Crippen LogP contribution in [0.2, 0.25) is 0 Å². The molecule has 5 heterocycles. The van der Waals surface area contributed by atoms with Gasteiger partial charge in [-0.2, -0.15) is 0 Å². The fraction of sp³-hybridized carbons (Fsp3) is 0. The van der Waals surface area contributed by atoms with E-state index in [4.69, 9.17) is 0 Å². The van der Waals surface area contributed by atoms with E-state index in [1.165, 1.54) is 34.1 Å². The molecule has 25 heavy (non-hydrogen) atoms. The minimum Gasteiger partial charge on any atom is -0.243 e. The lowest BCUT2D eigenvalue weighted by Gasteiger charge is -1.91. The fourth-order valence-electron chi connectivity index (χ4n) is 2.53. The summed E-state index contributed by atoms with van der Waals surface area (Å²) in [7, 11) is 0. The fourth-order valence-corrected chi connectivity index (χ4v) is 7.26. The molecule has 0 bridgehead atoms. The van der Waals surface area contributed by atoms with Crippen LogP contribution in [-0.2, 0) is 0 Å². The van der Waals surface area contributed by atoms with E-state index in [2.05, 4.69) is 64.3 Å². The van der Waals surface area contributed by atoms with Gasteiger partial charge in [0.05, 0.1) is 9.75 Å². The first-order chi connectivity index (χ1) is 12.4. The Labute approximate surface area is 165 Å². The van der Waals surface area contributed by atoms with Gasteiger partial charge in [0.25, 0.3) is 0 Å². The zero-order chi connectivity index (χ0) is 16.6. The van der Waals surface area contributed by atoms with E-state index >= 15 is 0 Å². The van der Waals surface area contributed by atoms with E-state index in [1.807, 2.05) is 28.9 Å². The van der Waals surface area contributed by atoms with Crippen LogP contribution in [0.25, 0.3) is 39.1 Å². The van der Waals surface area contributed by atoms with Gasteiger partial charge in [-0.15, -0.1) is 56.7 Å². The Morgan fingerprint density at radius 3 is 1.68 bits per heavy atom. The van der Waals surface area contributed by atoms with Crippen LogP contribution in [0.4, 0.5) is 0 Å². The largest absolute Gasteiger partial charge is 0.243 e. The van der Waals surface area contributed by atoms with Gasteiger partial charge >= 0.3 is 0 Å². The number of nitrogens with zero attached hydrogens (tertiary/aromatic N) is 1. The Morgan fingerprint density at radius 1 is 0.520 bits per heavy atom. The lowest BCUT2D eigenvalue weighted by molar-refractivity contribution is 1.43. The second-order valence-corrected chi connectivity index (χ2v) is 10.4. The third-order valence-corrected chi connectivity index (χ3v) is 9.36. The lowest BCUT2D eigenvalue weighted by atomic mass is 10.3. The van der Waals surface area contributed by atoms with E-state index in [9.17, 15) is 0 Å². The number of thiazole rings is 1.